The Morgan fingerprint density at radius 1 is 1.30 bits per heavy atom. The van der Waals surface area contributed by atoms with Gasteiger partial charge < -0.3 is 10.1 Å². The third-order valence-corrected chi connectivity index (χ3v) is 3.24. The number of nitrogens with one attached hydrogen (secondary N) is 1. The fourth-order valence-corrected chi connectivity index (χ4v) is 2.00. The third-order valence-electron chi connectivity index (χ3n) is 2.74. The normalized spacial score (nSPS) is 10.2. The van der Waals surface area contributed by atoms with Gasteiger partial charge in [-0.1, -0.05) is 22.4 Å². The topological polar surface area (TPSA) is 55.4 Å². The molecule has 0 radical (unpaired) electrons. The molecule has 0 aliphatic carbocycles. The summed E-state index contributed by atoms with van der Waals surface area (Å²) < 4.78 is 18.6. The van der Waals surface area contributed by atoms with Gasteiger partial charge in [0.25, 0.3) is 5.91 Å². The van der Waals surface area contributed by atoms with E-state index in [0.29, 0.717) is 23.9 Å². The van der Waals surface area contributed by atoms with Crippen LogP contribution in [0.1, 0.15) is 36.0 Å². The average molecular weight is 346 g/mol. The molecule has 0 saturated heterocycles. The minimum atomic E-state index is -0.545. The number of methoxy groups -OCH3 is 1. The second-order valence-electron chi connectivity index (χ2n) is 4.27. The molecule has 0 fully saturated rings. The number of carbonyl (C=O) groups is 2. The zero-order chi connectivity index (χ0) is 15.0. The summed E-state index contributed by atoms with van der Waals surface area (Å²) in [6, 6.07) is 4.23. The molecule has 6 heteroatoms. The summed E-state index contributed by atoms with van der Waals surface area (Å²) in [5.74, 6) is -1.21. The van der Waals surface area contributed by atoms with Gasteiger partial charge >= 0.3 is 5.97 Å². The predicted octanol–water partition coefficient (Wildman–Crippen LogP) is 3.05. The van der Waals surface area contributed by atoms with Crippen LogP contribution >= 0.6 is 15.9 Å². The number of rotatable bonds is 7. The second kappa shape index (κ2) is 8.68. The first kappa shape index (κ1) is 16.6. The van der Waals surface area contributed by atoms with E-state index in [-0.39, 0.29) is 11.5 Å². The first-order valence-electron chi connectivity index (χ1n) is 6.34. The van der Waals surface area contributed by atoms with Crippen LogP contribution in [0.5, 0.6) is 0 Å². The molecule has 1 rings (SSSR count). The molecule has 20 heavy (non-hydrogen) atoms. The molecule has 0 heterocycles. The van der Waals surface area contributed by atoms with Crippen molar-refractivity contribution >= 4 is 27.8 Å². The Kier molecular flexibility index (Phi) is 7.22. The lowest BCUT2D eigenvalue weighted by molar-refractivity contribution is -0.140. The van der Waals surface area contributed by atoms with Crippen molar-refractivity contribution in [2.75, 3.05) is 13.7 Å². The highest BCUT2D eigenvalue weighted by atomic mass is 79.9. The molecule has 110 valence electrons. The van der Waals surface area contributed by atoms with Crippen molar-refractivity contribution in [2.45, 2.75) is 25.7 Å². The molecule has 1 aromatic rings. The Hall–Kier alpha value is -1.43. The number of unbranched alkanes of at least 4 members (excludes halogenated alkanes) is 2. The zero-order valence-corrected chi connectivity index (χ0v) is 12.8. The number of hydrogen-bond acceptors (Lipinski definition) is 3. The molecule has 0 bridgehead atoms. The molecular formula is C14H17BrFNO3. The lowest BCUT2D eigenvalue weighted by Crippen LogP contribution is -2.25. The van der Waals surface area contributed by atoms with Crippen LogP contribution in [0.3, 0.4) is 0 Å². The molecule has 0 saturated carbocycles. The van der Waals surface area contributed by atoms with Gasteiger partial charge in [-0.05, 0) is 31.0 Å². The Morgan fingerprint density at radius 2 is 2.05 bits per heavy atom. The standard InChI is InChI=1S/C14H17BrFNO3/c1-20-13(18)5-3-2-4-8-17-14(19)11-9-10(15)6-7-12(11)16/h6-7,9H,2-5,8H2,1H3,(H,17,19). The fraction of sp³-hybridized carbons (Fsp3) is 0.429. The van der Waals surface area contributed by atoms with Gasteiger partial charge in [0.15, 0.2) is 0 Å². The van der Waals surface area contributed by atoms with Gasteiger partial charge in [0.05, 0.1) is 12.7 Å². The molecule has 0 aliphatic heterocycles. The van der Waals surface area contributed by atoms with E-state index in [1.807, 2.05) is 0 Å². The molecule has 0 aliphatic rings. The van der Waals surface area contributed by atoms with Crippen molar-refractivity contribution in [2.24, 2.45) is 0 Å². The lowest BCUT2D eigenvalue weighted by atomic mass is 10.1. The summed E-state index contributed by atoms with van der Waals surface area (Å²) in [7, 11) is 1.36. The van der Waals surface area contributed by atoms with E-state index in [4.69, 9.17) is 0 Å². The maximum Gasteiger partial charge on any atom is 0.305 e. The monoisotopic (exact) mass is 345 g/mol. The molecule has 1 N–H and O–H groups in total. The van der Waals surface area contributed by atoms with Crippen LogP contribution in [0.4, 0.5) is 4.39 Å². The molecule has 4 nitrogen and oxygen atoms in total. The summed E-state index contributed by atoms with van der Waals surface area (Å²) in [6.45, 7) is 0.450. The Bertz CT molecular complexity index is 479. The summed E-state index contributed by atoms with van der Waals surface area (Å²) in [4.78, 5) is 22.6. The molecule has 0 unspecified atom stereocenters. The van der Waals surface area contributed by atoms with E-state index in [1.165, 1.54) is 19.2 Å². The number of esters is 1. The van der Waals surface area contributed by atoms with Crippen molar-refractivity contribution < 1.29 is 18.7 Å². The van der Waals surface area contributed by atoms with Crippen LogP contribution in [0.25, 0.3) is 0 Å². The van der Waals surface area contributed by atoms with Gasteiger partial charge in [0.1, 0.15) is 5.82 Å². The molecule has 0 atom stereocenters. The number of halogens is 2. The molecule has 0 aromatic heterocycles. The number of ether oxygens (including phenoxy) is 1. The SMILES string of the molecule is COC(=O)CCCCCNC(=O)c1cc(Br)ccc1F. The van der Waals surface area contributed by atoms with Crippen LogP contribution in [0.15, 0.2) is 22.7 Å². The van der Waals surface area contributed by atoms with Crippen LogP contribution < -0.4 is 5.32 Å². The Balaban J connectivity index is 2.27. The summed E-state index contributed by atoms with van der Waals surface area (Å²) in [5.41, 5.74) is 0.0222. The van der Waals surface area contributed by atoms with Crippen molar-refractivity contribution in [1.82, 2.24) is 5.32 Å². The molecule has 1 aromatic carbocycles. The van der Waals surface area contributed by atoms with Crippen molar-refractivity contribution in [3.8, 4) is 0 Å². The molecule has 0 spiro atoms. The Morgan fingerprint density at radius 3 is 2.75 bits per heavy atom. The number of amides is 1. The lowest BCUT2D eigenvalue weighted by Gasteiger charge is -2.06. The van der Waals surface area contributed by atoms with E-state index >= 15 is 0 Å². The smallest absolute Gasteiger partial charge is 0.305 e. The highest BCUT2D eigenvalue weighted by molar-refractivity contribution is 9.10. The maximum atomic E-state index is 13.4. The quantitative estimate of drug-likeness (QED) is 0.610. The predicted molar refractivity (Wildman–Crippen MR) is 76.9 cm³/mol. The van der Waals surface area contributed by atoms with Crippen LogP contribution in [-0.4, -0.2) is 25.5 Å². The molecule has 1 amide bonds. The second-order valence-corrected chi connectivity index (χ2v) is 5.18. The van der Waals surface area contributed by atoms with Crippen LogP contribution in [-0.2, 0) is 9.53 Å². The van der Waals surface area contributed by atoms with Crippen molar-refractivity contribution in [1.29, 1.82) is 0 Å². The summed E-state index contributed by atoms with van der Waals surface area (Å²) in [6.07, 6.45) is 2.63. The van der Waals surface area contributed by atoms with Gasteiger partial charge in [0, 0.05) is 17.4 Å². The van der Waals surface area contributed by atoms with Crippen molar-refractivity contribution in [3.63, 3.8) is 0 Å². The highest BCUT2D eigenvalue weighted by Gasteiger charge is 2.11. The minimum Gasteiger partial charge on any atom is -0.469 e. The van der Waals surface area contributed by atoms with Gasteiger partial charge in [-0.25, -0.2) is 4.39 Å². The van der Waals surface area contributed by atoms with Gasteiger partial charge in [0.2, 0.25) is 0 Å². The third kappa shape index (κ3) is 5.69. The summed E-state index contributed by atoms with van der Waals surface area (Å²) >= 11 is 3.20. The van der Waals surface area contributed by atoms with Gasteiger partial charge in [-0.15, -0.1) is 0 Å². The van der Waals surface area contributed by atoms with Crippen molar-refractivity contribution in [3.05, 3.63) is 34.1 Å². The van der Waals surface area contributed by atoms with E-state index in [0.717, 1.165) is 12.8 Å². The number of benzene rings is 1. The van der Waals surface area contributed by atoms with E-state index in [2.05, 4.69) is 26.0 Å². The summed E-state index contributed by atoms with van der Waals surface area (Å²) in [5, 5.41) is 2.65. The first-order chi connectivity index (χ1) is 9.54. The maximum absolute atomic E-state index is 13.4. The highest BCUT2D eigenvalue weighted by Crippen LogP contribution is 2.15. The van der Waals surface area contributed by atoms with E-state index in [1.54, 1.807) is 6.07 Å². The van der Waals surface area contributed by atoms with E-state index in [9.17, 15) is 14.0 Å². The van der Waals surface area contributed by atoms with Crippen LogP contribution in [0.2, 0.25) is 0 Å². The zero-order valence-electron chi connectivity index (χ0n) is 11.2. The number of carbonyl (C=O) groups excluding carboxylic acids is 2. The largest absolute Gasteiger partial charge is 0.469 e. The Labute approximate surface area is 125 Å². The van der Waals surface area contributed by atoms with Gasteiger partial charge in [-0.3, -0.25) is 9.59 Å². The van der Waals surface area contributed by atoms with E-state index < -0.39 is 11.7 Å². The van der Waals surface area contributed by atoms with Crippen LogP contribution in [0, 0.1) is 5.82 Å². The number of hydrogen-bond donors (Lipinski definition) is 1. The molecular weight excluding hydrogens is 329 g/mol. The fourth-order valence-electron chi connectivity index (χ4n) is 1.64. The first-order valence-corrected chi connectivity index (χ1v) is 7.14. The average Bonchev–Trinajstić information content (AvgIpc) is 2.44. The minimum absolute atomic E-state index is 0.0222. The van der Waals surface area contributed by atoms with Gasteiger partial charge in [-0.2, -0.15) is 0 Å².